The number of carbonyl (C=O) groups is 2. The quantitative estimate of drug-likeness (QED) is 0.466. The van der Waals surface area contributed by atoms with E-state index in [1.54, 1.807) is 12.1 Å². The molecule has 0 aliphatic carbocycles. The van der Waals surface area contributed by atoms with Crippen molar-refractivity contribution in [1.82, 2.24) is 0 Å². The van der Waals surface area contributed by atoms with Gasteiger partial charge < -0.3 is 9.47 Å². The number of nitro groups is 1. The molecule has 8 heteroatoms. The van der Waals surface area contributed by atoms with Crippen LogP contribution in [-0.4, -0.2) is 24.0 Å². The van der Waals surface area contributed by atoms with E-state index in [1.165, 1.54) is 31.4 Å². The van der Waals surface area contributed by atoms with Gasteiger partial charge in [0.05, 0.1) is 28.2 Å². The third-order valence-corrected chi connectivity index (χ3v) is 3.46. The fourth-order valence-electron chi connectivity index (χ4n) is 1.86. The Morgan fingerprint density at radius 2 is 1.79 bits per heavy atom. The van der Waals surface area contributed by atoms with E-state index in [9.17, 15) is 19.7 Å². The number of rotatable bonds is 5. The van der Waals surface area contributed by atoms with Gasteiger partial charge in [0.25, 0.3) is 5.69 Å². The normalized spacial score (nSPS) is 10.1. The molecule has 2 aromatic rings. The second kappa shape index (κ2) is 7.56. The molecule has 0 spiro atoms. The average Bonchev–Trinajstić information content (AvgIpc) is 2.59. The fraction of sp³-hybridized carbons (Fsp3) is 0.125. The molecule has 0 aromatic heterocycles. The summed E-state index contributed by atoms with van der Waals surface area (Å²) < 4.78 is 9.68. The Kier molecular flexibility index (Phi) is 5.49. The standard InChI is InChI=1S/C16H12ClNO6/c1-23-15(19)11-4-2-10(3-5-11)9-24-16(20)13-8-12(18(21)22)6-7-14(13)17/h2-8H,9H2,1H3. The molecule has 124 valence electrons. The number of hydrogen-bond donors (Lipinski definition) is 0. The predicted octanol–water partition coefficient (Wildman–Crippen LogP) is 3.39. The van der Waals surface area contributed by atoms with Gasteiger partial charge in [0.15, 0.2) is 0 Å². The fourth-order valence-corrected chi connectivity index (χ4v) is 2.06. The summed E-state index contributed by atoms with van der Waals surface area (Å²) in [5, 5.41) is 10.8. The van der Waals surface area contributed by atoms with Gasteiger partial charge in [0, 0.05) is 12.1 Å². The molecule has 0 fully saturated rings. The minimum Gasteiger partial charge on any atom is -0.465 e. The zero-order valence-electron chi connectivity index (χ0n) is 12.5. The first-order chi connectivity index (χ1) is 11.4. The number of nitro benzene ring substituents is 1. The molecular weight excluding hydrogens is 338 g/mol. The number of esters is 2. The number of methoxy groups -OCH3 is 1. The molecule has 0 saturated carbocycles. The second-order valence-corrected chi connectivity index (χ2v) is 5.09. The minimum atomic E-state index is -0.777. The zero-order chi connectivity index (χ0) is 17.7. The number of carbonyl (C=O) groups excluding carboxylic acids is 2. The average molecular weight is 350 g/mol. The zero-order valence-corrected chi connectivity index (χ0v) is 13.3. The molecule has 0 N–H and O–H groups in total. The van der Waals surface area contributed by atoms with Gasteiger partial charge in [-0.2, -0.15) is 0 Å². The van der Waals surface area contributed by atoms with Gasteiger partial charge in [-0.05, 0) is 23.8 Å². The lowest BCUT2D eigenvalue weighted by Gasteiger charge is -2.07. The first kappa shape index (κ1) is 17.4. The highest BCUT2D eigenvalue weighted by atomic mass is 35.5. The molecule has 0 radical (unpaired) electrons. The molecule has 0 atom stereocenters. The second-order valence-electron chi connectivity index (χ2n) is 4.69. The monoisotopic (exact) mass is 349 g/mol. The summed E-state index contributed by atoms with van der Waals surface area (Å²) in [7, 11) is 1.28. The number of hydrogen-bond acceptors (Lipinski definition) is 6. The summed E-state index contributed by atoms with van der Waals surface area (Å²) in [6.07, 6.45) is 0. The molecule has 24 heavy (non-hydrogen) atoms. The van der Waals surface area contributed by atoms with Crippen LogP contribution in [0.25, 0.3) is 0 Å². The van der Waals surface area contributed by atoms with Gasteiger partial charge in [0.2, 0.25) is 0 Å². The lowest BCUT2D eigenvalue weighted by molar-refractivity contribution is -0.384. The van der Waals surface area contributed by atoms with Crippen LogP contribution in [0, 0.1) is 10.1 Å². The predicted molar refractivity (Wildman–Crippen MR) is 85.0 cm³/mol. The molecule has 7 nitrogen and oxygen atoms in total. The Balaban J connectivity index is 2.07. The van der Waals surface area contributed by atoms with Crippen molar-refractivity contribution in [2.45, 2.75) is 6.61 Å². The lowest BCUT2D eigenvalue weighted by Crippen LogP contribution is -2.07. The molecule has 0 aliphatic heterocycles. The van der Waals surface area contributed by atoms with Crippen LogP contribution in [0.5, 0.6) is 0 Å². The van der Waals surface area contributed by atoms with Gasteiger partial charge in [-0.15, -0.1) is 0 Å². The first-order valence-corrected chi connectivity index (χ1v) is 7.08. The highest BCUT2D eigenvalue weighted by Gasteiger charge is 2.17. The molecule has 0 amide bonds. The maximum absolute atomic E-state index is 12.0. The maximum atomic E-state index is 12.0. The topological polar surface area (TPSA) is 95.7 Å². The van der Waals surface area contributed by atoms with Gasteiger partial charge in [-0.1, -0.05) is 23.7 Å². The van der Waals surface area contributed by atoms with Crippen LogP contribution in [0.3, 0.4) is 0 Å². The van der Waals surface area contributed by atoms with E-state index in [4.69, 9.17) is 16.3 Å². The van der Waals surface area contributed by atoms with Crippen LogP contribution in [0.2, 0.25) is 5.02 Å². The summed E-state index contributed by atoms with van der Waals surface area (Å²) in [5.41, 5.74) is 0.665. The van der Waals surface area contributed by atoms with E-state index in [0.717, 1.165) is 6.07 Å². The Bertz CT molecular complexity index is 788. The van der Waals surface area contributed by atoms with E-state index >= 15 is 0 Å². The smallest absolute Gasteiger partial charge is 0.340 e. The van der Waals surface area contributed by atoms with Crippen LogP contribution in [0.15, 0.2) is 42.5 Å². The van der Waals surface area contributed by atoms with Crippen molar-refractivity contribution in [3.05, 3.63) is 74.3 Å². The Morgan fingerprint density at radius 3 is 2.38 bits per heavy atom. The van der Waals surface area contributed by atoms with E-state index < -0.39 is 16.9 Å². The molecule has 0 saturated heterocycles. The van der Waals surface area contributed by atoms with E-state index in [1.807, 2.05) is 0 Å². The number of nitrogens with zero attached hydrogens (tertiary/aromatic N) is 1. The SMILES string of the molecule is COC(=O)c1ccc(COC(=O)c2cc([N+](=O)[O-])ccc2Cl)cc1. The first-order valence-electron chi connectivity index (χ1n) is 6.70. The highest BCUT2D eigenvalue weighted by molar-refractivity contribution is 6.33. The number of ether oxygens (including phenoxy) is 2. The maximum Gasteiger partial charge on any atom is 0.340 e. The molecular formula is C16H12ClNO6. The van der Waals surface area contributed by atoms with Crippen LogP contribution >= 0.6 is 11.6 Å². The van der Waals surface area contributed by atoms with Crippen molar-refractivity contribution in [3.63, 3.8) is 0 Å². The molecule has 2 rings (SSSR count). The molecule has 0 bridgehead atoms. The van der Waals surface area contributed by atoms with Gasteiger partial charge in [0.1, 0.15) is 6.61 Å². The Labute approximate surface area is 141 Å². The van der Waals surface area contributed by atoms with Crippen LogP contribution in [0.4, 0.5) is 5.69 Å². The van der Waals surface area contributed by atoms with Crippen molar-refractivity contribution >= 4 is 29.2 Å². The third kappa shape index (κ3) is 4.08. The summed E-state index contributed by atoms with van der Waals surface area (Å²) >= 11 is 5.87. The highest BCUT2D eigenvalue weighted by Crippen LogP contribution is 2.23. The largest absolute Gasteiger partial charge is 0.465 e. The van der Waals surface area contributed by atoms with E-state index in [0.29, 0.717) is 11.1 Å². The van der Waals surface area contributed by atoms with Gasteiger partial charge in [-0.25, -0.2) is 9.59 Å². The number of benzene rings is 2. The van der Waals surface area contributed by atoms with E-state index in [2.05, 4.69) is 4.74 Å². The van der Waals surface area contributed by atoms with Crippen molar-refractivity contribution in [3.8, 4) is 0 Å². The van der Waals surface area contributed by atoms with Gasteiger partial charge >= 0.3 is 11.9 Å². The van der Waals surface area contributed by atoms with Crippen molar-refractivity contribution in [1.29, 1.82) is 0 Å². The van der Waals surface area contributed by atoms with Gasteiger partial charge in [-0.3, -0.25) is 10.1 Å². The van der Waals surface area contributed by atoms with E-state index in [-0.39, 0.29) is 22.9 Å². The lowest BCUT2D eigenvalue weighted by atomic mass is 10.1. The minimum absolute atomic E-state index is 0.0617. The number of halogens is 1. The summed E-state index contributed by atoms with van der Waals surface area (Å²) in [5.74, 6) is -1.25. The summed E-state index contributed by atoms with van der Waals surface area (Å²) in [6, 6.07) is 9.81. The van der Waals surface area contributed by atoms with Crippen molar-refractivity contribution < 1.29 is 24.0 Å². The molecule has 0 aliphatic rings. The molecule has 2 aromatic carbocycles. The Morgan fingerprint density at radius 1 is 1.12 bits per heavy atom. The van der Waals surface area contributed by atoms with Crippen LogP contribution < -0.4 is 0 Å². The van der Waals surface area contributed by atoms with Crippen LogP contribution in [-0.2, 0) is 16.1 Å². The van der Waals surface area contributed by atoms with Crippen molar-refractivity contribution in [2.75, 3.05) is 7.11 Å². The Hall–Kier alpha value is -2.93. The summed E-state index contributed by atoms with van der Waals surface area (Å²) in [6.45, 7) is -0.0701. The van der Waals surface area contributed by atoms with Crippen LogP contribution in [0.1, 0.15) is 26.3 Å². The van der Waals surface area contributed by atoms with Crippen molar-refractivity contribution in [2.24, 2.45) is 0 Å². The molecule has 0 unspecified atom stereocenters. The molecule has 0 heterocycles. The third-order valence-electron chi connectivity index (χ3n) is 3.13. The number of non-ortho nitro benzene ring substituents is 1. The summed E-state index contributed by atoms with van der Waals surface area (Å²) in [4.78, 5) is 33.5.